The van der Waals surface area contributed by atoms with Crippen LogP contribution in [0.1, 0.15) is 35.5 Å². The molecule has 108 valence electrons. The minimum Gasteiger partial charge on any atom is -0.465 e. The molecule has 0 atom stereocenters. The number of carbonyl (C=O) groups excluding carboxylic acids is 1. The van der Waals surface area contributed by atoms with Crippen molar-refractivity contribution in [3.63, 3.8) is 0 Å². The van der Waals surface area contributed by atoms with Gasteiger partial charge in [0, 0.05) is 13.1 Å². The average Bonchev–Trinajstić information content (AvgIpc) is 2.77. The van der Waals surface area contributed by atoms with Gasteiger partial charge in [0.25, 0.3) is 0 Å². The molecule has 1 heterocycles. The summed E-state index contributed by atoms with van der Waals surface area (Å²) in [6, 6.07) is 0. The Morgan fingerprint density at radius 1 is 1.42 bits per heavy atom. The second-order valence-corrected chi connectivity index (χ2v) is 6.82. The van der Waals surface area contributed by atoms with Gasteiger partial charge in [-0.2, -0.15) is 4.31 Å². The third-order valence-electron chi connectivity index (χ3n) is 2.71. The molecule has 0 aliphatic heterocycles. The molecule has 0 saturated carbocycles. The van der Waals surface area contributed by atoms with Crippen molar-refractivity contribution in [2.24, 2.45) is 0 Å². The van der Waals surface area contributed by atoms with Crippen molar-refractivity contribution in [1.29, 1.82) is 0 Å². The summed E-state index contributed by atoms with van der Waals surface area (Å²) in [5, 5.41) is 1.67. The summed E-state index contributed by atoms with van der Waals surface area (Å²) >= 11 is 1.10. The summed E-state index contributed by atoms with van der Waals surface area (Å²) in [5.41, 5.74) is 0.583. The summed E-state index contributed by atoms with van der Waals surface area (Å²) in [5.74, 6) is -0.607. The van der Waals surface area contributed by atoms with Crippen molar-refractivity contribution in [3.05, 3.63) is 15.8 Å². The standard InChI is InChI=1S/C12H19NO4S2/c1-5-7-13(6-2)19(15,16)11-9(3)8-18-10(11)12(14)17-4/h8H,5-7H2,1-4H3. The van der Waals surface area contributed by atoms with E-state index in [1.807, 2.05) is 6.92 Å². The van der Waals surface area contributed by atoms with E-state index in [0.717, 1.165) is 17.8 Å². The Bertz CT molecular complexity index is 548. The van der Waals surface area contributed by atoms with Crippen LogP contribution >= 0.6 is 11.3 Å². The van der Waals surface area contributed by atoms with Crippen LogP contribution in [0.3, 0.4) is 0 Å². The van der Waals surface area contributed by atoms with Gasteiger partial charge in [0.1, 0.15) is 9.77 Å². The molecular weight excluding hydrogens is 286 g/mol. The number of carbonyl (C=O) groups is 1. The van der Waals surface area contributed by atoms with E-state index < -0.39 is 16.0 Å². The molecule has 0 unspecified atom stereocenters. The van der Waals surface area contributed by atoms with Crippen LogP contribution < -0.4 is 0 Å². The van der Waals surface area contributed by atoms with Crippen molar-refractivity contribution < 1.29 is 17.9 Å². The van der Waals surface area contributed by atoms with Crippen LogP contribution in [0.5, 0.6) is 0 Å². The Hall–Kier alpha value is -0.920. The number of aryl methyl sites for hydroxylation is 1. The molecule has 0 aromatic carbocycles. The van der Waals surface area contributed by atoms with E-state index >= 15 is 0 Å². The van der Waals surface area contributed by atoms with E-state index in [1.165, 1.54) is 11.4 Å². The van der Waals surface area contributed by atoms with Crippen LogP contribution in [0.15, 0.2) is 10.3 Å². The Morgan fingerprint density at radius 3 is 2.53 bits per heavy atom. The van der Waals surface area contributed by atoms with Gasteiger partial charge in [-0.1, -0.05) is 13.8 Å². The van der Waals surface area contributed by atoms with Crippen molar-refractivity contribution in [3.8, 4) is 0 Å². The normalized spacial score (nSPS) is 11.8. The first-order valence-electron chi connectivity index (χ1n) is 6.06. The van der Waals surface area contributed by atoms with Gasteiger partial charge in [-0.05, 0) is 24.3 Å². The lowest BCUT2D eigenvalue weighted by Crippen LogP contribution is -2.32. The lowest BCUT2D eigenvalue weighted by atomic mass is 10.3. The monoisotopic (exact) mass is 305 g/mol. The Kier molecular flexibility index (Phi) is 5.51. The van der Waals surface area contributed by atoms with Crippen LogP contribution in [0.2, 0.25) is 0 Å². The predicted octanol–water partition coefficient (Wildman–Crippen LogP) is 2.26. The third kappa shape index (κ3) is 3.16. The predicted molar refractivity (Wildman–Crippen MR) is 75.1 cm³/mol. The largest absolute Gasteiger partial charge is 0.465 e. The highest BCUT2D eigenvalue weighted by Gasteiger charge is 2.31. The van der Waals surface area contributed by atoms with Crippen LogP contribution in [0, 0.1) is 6.92 Å². The number of esters is 1. The van der Waals surface area contributed by atoms with Gasteiger partial charge in [-0.3, -0.25) is 0 Å². The van der Waals surface area contributed by atoms with E-state index in [4.69, 9.17) is 0 Å². The number of nitrogens with zero attached hydrogens (tertiary/aromatic N) is 1. The van der Waals surface area contributed by atoms with Gasteiger partial charge < -0.3 is 4.74 Å². The second-order valence-electron chi connectivity index (χ2n) is 4.07. The molecule has 5 nitrogen and oxygen atoms in total. The molecule has 0 fully saturated rings. The van der Waals surface area contributed by atoms with Crippen LogP contribution in [0.4, 0.5) is 0 Å². The molecule has 7 heteroatoms. The molecule has 0 amide bonds. The highest BCUT2D eigenvalue weighted by atomic mass is 32.2. The quantitative estimate of drug-likeness (QED) is 0.756. The zero-order valence-corrected chi connectivity index (χ0v) is 13.2. The van der Waals surface area contributed by atoms with E-state index in [0.29, 0.717) is 18.7 Å². The maximum Gasteiger partial charge on any atom is 0.349 e. The minimum atomic E-state index is -3.64. The van der Waals surface area contributed by atoms with E-state index in [9.17, 15) is 13.2 Å². The zero-order chi connectivity index (χ0) is 14.6. The number of ether oxygens (including phenoxy) is 1. The smallest absolute Gasteiger partial charge is 0.349 e. The van der Waals surface area contributed by atoms with E-state index in [-0.39, 0.29) is 9.77 Å². The maximum absolute atomic E-state index is 12.6. The number of hydrogen-bond acceptors (Lipinski definition) is 5. The average molecular weight is 305 g/mol. The van der Waals surface area contributed by atoms with Crippen molar-refractivity contribution in [2.45, 2.75) is 32.1 Å². The highest BCUT2D eigenvalue weighted by Crippen LogP contribution is 2.30. The molecule has 0 spiro atoms. The molecule has 0 bridgehead atoms. The van der Waals surface area contributed by atoms with Crippen molar-refractivity contribution in [2.75, 3.05) is 20.2 Å². The molecule has 0 radical (unpaired) electrons. The summed E-state index contributed by atoms with van der Waals surface area (Å²) < 4.78 is 31.2. The highest BCUT2D eigenvalue weighted by molar-refractivity contribution is 7.89. The third-order valence-corrected chi connectivity index (χ3v) is 6.08. The molecule has 1 aromatic heterocycles. The topological polar surface area (TPSA) is 63.7 Å². The van der Waals surface area contributed by atoms with Crippen molar-refractivity contribution >= 4 is 27.3 Å². The maximum atomic E-state index is 12.6. The molecule has 1 rings (SSSR count). The van der Waals surface area contributed by atoms with E-state index in [2.05, 4.69) is 4.74 Å². The fourth-order valence-electron chi connectivity index (χ4n) is 1.81. The number of thiophene rings is 1. The summed E-state index contributed by atoms with van der Waals surface area (Å²) in [4.78, 5) is 11.9. The molecule has 0 saturated heterocycles. The number of methoxy groups -OCH3 is 1. The number of hydrogen-bond donors (Lipinski definition) is 0. The van der Waals surface area contributed by atoms with Gasteiger partial charge in [0.2, 0.25) is 10.0 Å². The number of rotatable bonds is 6. The molecule has 0 N–H and O–H groups in total. The fraction of sp³-hybridized carbons (Fsp3) is 0.583. The molecule has 1 aromatic rings. The first-order chi connectivity index (χ1) is 8.89. The van der Waals surface area contributed by atoms with Gasteiger partial charge >= 0.3 is 5.97 Å². The minimum absolute atomic E-state index is 0.0830. The molecule has 19 heavy (non-hydrogen) atoms. The summed E-state index contributed by atoms with van der Waals surface area (Å²) in [6.07, 6.45) is 0.726. The molecular formula is C12H19NO4S2. The summed E-state index contributed by atoms with van der Waals surface area (Å²) in [7, 11) is -2.40. The van der Waals surface area contributed by atoms with Gasteiger partial charge in [-0.15, -0.1) is 11.3 Å². The van der Waals surface area contributed by atoms with Gasteiger partial charge in [-0.25, -0.2) is 13.2 Å². The second kappa shape index (κ2) is 6.49. The fourth-order valence-corrected chi connectivity index (χ4v) is 5.01. The summed E-state index contributed by atoms with van der Waals surface area (Å²) in [6.45, 7) is 6.21. The lowest BCUT2D eigenvalue weighted by Gasteiger charge is -2.20. The SMILES string of the molecule is CCCN(CC)S(=O)(=O)c1c(C)csc1C(=O)OC. The van der Waals surface area contributed by atoms with Crippen LogP contribution in [-0.4, -0.2) is 38.9 Å². The van der Waals surface area contributed by atoms with Crippen LogP contribution in [-0.2, 0) is 14.8 Å². The first kappa shape index (κ1) is 16.1. The van der Waals surface area contributed by atoms with Crippen molar-refractivity contribution in [1.82, 2.24) is 4.31 Å². The number of sulfonamides is 1. The van der Waals surface area contributed by atoms with Gasteiger partial charge in [0.15, 0.2) is 0 Å². The first-order valence-corrected chi connectivity index (χ1v) is 8.38. The molecule has 0 aliphatic rings. The van der Waals surface area contributed by atoms with E-state index in [1.54, 1.807) is 19.2 Å². The van der Waals surface area contributed by atoms with Crippen LogP contribution in [0.25, 0.3) is 0 Å². The van der Waals surface area contributed by atoms with Gasteiger partial charge in [0.05, 0.1) is 7.11 Å². The lowest BCUT2D eigenvalue weighted by molar-refractivity contribution is 0.0602. The molecule has 0 aliphatic carbocycles. The Balaban J connectivity index is 3.35. The Labute approximate surface area is 118 Å². The Morgan fingerprint density at radius 2 is 2.05 bits per heavy atom. The zero-order valence-electron chi connectivity index (χ0n) is 11.6.